The maximum atomic E-state index is 9.43. The lowest BCUT2D eigenvalue weighted by Crippen LogP contribution is -2.09. The van der Waals surface area contributed by atoms with Crippen molar-refractivity contribution in [2.45, 2.75) is 44.8 Å². The van der Waals surface area contributed by atoms with Gasteiger partial charge in [-0.2, -0.15) is 0 Å². The third kappa shape index (κ3) is 1.61. The predicted octanol–water partition coefficient (Wildman–Crippen LogP) is 1.53. The zero-order valence-electron chi connectivity index (χ0n) is 7.98. The van der Waals surface area contributed by atoms with Gasteiger partial charge in [0, 0.05) is 24.9 Å². The van der Waals surface area contributed by atoms with Crippen LogP contribution in [0, 0.1) is 0 Å². The van der Waals surface area contributed by atoms with Gasteiger partial charge in [-0.05, 0) is 19.3 Å². The lowest BCUT2D eigenvalue weighted by Gasteiger charge is -2.13. The number of rotatable bonds is 2. The SMILES string of the molecule is CCc1nccn1C1CCC(O)C1. The molecule has 1 heterocycles. The Bertz CT molecular complexity index is 282. The summed E-state index contributed by atoms with van der Waals surface area (Å²) in [5.41, 5.74) is 0. The molecule has 1 saturated carbocycles. The van der Waals surface area contributed by atoms with Crippen LogP contribution in [0.2, 0.25) is 0 Å². The maximum Gasteiger partial charge on any atom is 0.108 e. The van der Waals surface area contributed by atoms with Gasteiger partial charge >= 0.3 is 0 Å². The summed E-state index contributed by atoms with van der Waals surface area (Å²) in [4.78, 5) is 4.29. The normalized spacial score (nSPS) is 28.2. The Hall–Kier alpha value is -0.830. The van der Waals surface area contributed by atoms with Crippen molar-refractivity contribution >= 4 is 0 Å². The first kappa shape index (κ1) is 8.75. The monoisotopic (exact) mass is 180 g/mol. The van der Waals surface area contributed by atoms with E-state index in [9.17, 15) is 5.11 Å². The van der Waals surface area contributed by atoms with E-state index in [2.05, 4.69) is 16.5 Å². The molecular weight excluding hydrogens is 164 g/mol. The number of aromatic nitrogens is 2. The van der Waals surface area contributed by atoms with Crippen molar-refractivity contribution in [2.24, 2.45) is 0 Å². The topological polar surface area (TPSA) is 38.0 Å². The van der Waals surface area contributed by atoms with E-state index in [4.69, 9.17) is 0 Å². The van der Waals surface area contributed by atoms with Crippen molar-refractivity contribution in [1.82, 2.24) is 9.55 Å². The highest BCUT2D eigenvalue weighted by atomic mass is 16.3. The maximum absolute atomic E-state index is 9.43. The minimum Gasteiger partial charge on any atom is -0.393 e. The fourth-order valence-electron chi connectivity index (χ4n) is 2.14. The quantitative estimate of drug-likeness (QED) is 0.749. The molecule has 0 spiro atoms. The molecule has 1 fully saturated rings. The van der Waals surface area contributed by atoms with Crippen LogP contribution in [-0.2, 0) is 6.42 Å². The number of aliphatic hydroxyl groups is 1. The molecule has 13 heavy (non-hydrogen) atoms. The van der Waals surface area contributed by atoms with Crippen molar-refractivity contribution < 1.29 is 5.11 Å². The van der Waals surface area contributed by atoms with Crippen LogP contribution in [-0.4, -0.2) is 20.8 Å². The fourth-order valence-corrected chi connectivity index (χ4v) is 2.14. The summed E-state index contributed by atoms with van der Waals surface area (Å²) in [7, 11) is 0. The molecule has 3 nitrogen and oxygen atoms in total. The minimum absolute atomic E-state index is 0.0999. The molecule has 0 bridgehead atoms. The van der Waals surface area contributed by atoms with E-state index >= 15 is 0 Å². The Balaban J connectivity index is 2.16. The van der Waals surface area contributed by atoms with E-state index in [1.54, 1.807) is 0 Å². The van der Waals surface area contributed by atoms with Crippen LogP contribution in [0.5, 0.6) is 0 Å². The third-order valence-corrected chi connectivity index (χ3v) is 2.84. The zero-order valence-corrected chi connectivity index (χ0v) is 7.98. The number of aliphatic hydroxyl groups excluding tert-OH is 1. The summed E-state index contributed by atoms with van der Waals surface area (Å²) in [5, 5.41) is 9.43. The highest BCUT2D eigenvalue weighted by Crippen LogP contribution is 2.30. The van der Waals surface area contributed by atoms with E-state index in [1.807, 2.05) is 12.4 Å². The zero-order chi connectivity index (χ0) is 9.26. The van der Waals surface area contributed by atoms with Gasteiger partial charge in [-0.1, -0.05) is 6.92 Å². The van der Waals surface area contributed by atoms with Gasteiger partial charge in [0.05, 0.1) is 6.10 Å². The molecule has 1 N–H and O–H groups in total. The van der Waals surface area contributed by atoms with Gasteiger partial charge in [-0.15, -0.1) is 0 Å². The molecule has 1 aromatic rings. The lowest BCUT2D eigenvalue weighted by atomic mass is 10.2. The molecule has 2 rings (SSSR count). The summed E-state index contributed by atoms with van der Waals surface area (Å²) in [5.74, 6) is 1.14. The van der Waals surface area contributed by atoms with Gasteiger partial charge in [0.1, 0.15) is 5.82 Å². The highest BCUT2D eigenvalue weighted by molar-refractivity contribution is 4.97. The minimum atomic E-state index is -0.0999. The van der Waals surface area contributed by atoms with Crippen LogP contribution in [0.25, 0.3) is 0 Å². The smallest absolute Gasteiger partial charge is 0.108 e. The Morgan fingerprint density at radius 2 is 2.46 bits per heavy atom. The standard InChI is InChI=1S/C10H16N2O/c1-2-10-11-5-6-12(10)8-3-4-9(13)7-8/h5-6,8-9,13H,2-4,7H2,1H3. The molecule has 0 aromatic carbocycles. The second-order valence-electron chi connectivity index (χ2n) is 3.72. The van der Waals surface area contributed by atoms with E-state index in [0.717, 1.165) is 31.5 Å². The van der Waals surface area contributed by atoms with Gasteiger partial charge < -0.3 is 9.67 Å². The third-order valence-electron chi connectivity index (χ3n) is 2.84. The molecule has 0 radical (unpaired) electrons. The number of nitrogens with zero attached hydrogens (tertiary/aromatic N) is 2. The van der Waals surface area contributed by atoms with Gasteiger partial charge in [-0.3, -0.25) is 0 Å². The van der Waals surface area contributed by atoms with Crippen LogP contribution in [0.15, 0.2) is 12.4 Å². The van der Waals surface area contributed by atoms with Crippen LogP contribution in [0.1, 0.15) is 38.1 Å². The van der Waals surface area contributed by atoms with E-state index in [-0.39, 0.29) is 6.10 Å². The Morgan fingerprint density at radius 1 is 1.62 bits per heavy atom. The summed E-state index contributed by atoms with van der Waals surface area (Å²) in [6.07, 6.45) is 7.67. The Labute approximate surface area is 78.4 Å². The first-order valence-electron chi connectivity index (χ1n) is 5.01. The van der Waals surface area contributed by atoms with Crippen LogP contribution < -0.4 is 0 Å². The molecule has 3 heteroatoms. The first-order valence-corrected chi connectivity index (χ1v) is 5.01. The molecule has 1 aliphatic carbocycles. The highest BCUT2D eigenvalue weighted by Gasteiger charge is 2.24. The van der Waals surface area contributed by atoms with Gasteiger partial charge in [0.25, 0.3) is 0 Å². The van der Waals surface area contributed by atoms with E-state index < -0.39 is 0 Å². The predicted molar refractivity (Wildman–Crippen MR) is 50.5 cm³/mol. The number of imidazole rings is 1. The molecule has 0 saturated heterocycles. The van der Waals surface area contributed by atoms with Crippen LogP contribution in [0.3, 0.4) is 0 Å². The van der Waals surface area contributed by atoms with Crippen molar-refractivity contribution in [3.05, 3.63) is 18.2 Å². The van der Waals surface area contributed by atoms with Crippen molar-refractivity contribution in [3.8, 4) is 0 Å². The van der Waals surface area contributed by atoms with Crippen molar-refractivity contribution in [2.75, 3.05) is 0 Å². The summed E-state index contributed by atoms with van der Waals surface area (Å²) < 4.78 is 2.22. The Kier molecular flexibility index (Phi) is 2.36. The van der Waals surface area contributed by atoms with E-state index in [1.165, 1.54) is 0 Å². The van der Waals surface area contributed by atoms with Crippen LogP contribution >= 0.6 is 0 Å². The number of hydrogen-bond acceptors (Lipinski definition) is 2. The molecule has 2 unspecified atom stereocenters. The molecule has 0 aliphatic heterocycles. The molecule has 1 aromatic heterocycles. The fraction of sp³-hybridized carbons (Fsp3) is 0.700. The van der Waals surface area contributed by atoms with Crippen LogP contribution in [0.4, 0.5) is 0 Å². The molecule has 1 aliphatic rings. The van der Waals surface area contributed by atoms with E-state index in [0.29, 0.717) is 6.04 Å². The molecule has 72 valence electrons. The summed E-state index contributed by atoms with van der Waals surface area (Å²) in [6, 6.07) is 0.479. The number of aryl methyl sites for hydroxylation is 1. The van der Waals surface area contributed by atoms with Gasteiger partial charge in [0.15, 0.2) is 0 Å². The van der Waals surface area contributed by atoms with Crippen molar-refractivity contribution in [1.29, 1.82) is 0 Å². The van der Waals surface area contributed by atoms with Gasteiger partial charge in [0.2, 0.25) is 0 Å². The first-order chi connectivity index (χ1) is 6.31. The molecule has 2 atom stereocenters. The largest absolute Gasteiger partial charge is 0.393 e. The molecular formula is C10H16N2O. The second-order valence-corrected chi connectivity index (χ2v) is 3.72. The summed E-state index contributed by atoms with van der Waals surface area (Å²) >= 11 is 0. The summed E-state index contributed by atoms with van der Waals surface area (Å²) in [6.45, 7) is 2.12. The Morgan fingerprint density at radius 3 is 3.08 bits per heavy atom. The average molecular weight is 180 g/mol. The lowest BCUT2D eigenvalue weighted by molar-refractivity contribution is 0.178. The average Bonchev–Trinajstić information content (AvgIpc) is 2.71. The number of hydrogen-bond donors (Lipinski definition) is 1. The van der Waals surface area contributed by atoms with Gasteiger partial charge in [-0.25, -0.2) is 4.98 Å². The van der Waals surface area contributed by atoms with Crippen molar-refractivity contribution in [3.63, 3.8) is 0 Å². The molecule has 0 amide bonds. The second kappa shape index (κ2) is 3.50.